The molecule has 13 heavy (non-hydrogen) atoms. The molecule has 0 aliphatic heterocycles. The van der Waals surface area contributed by atoms with E-state index in [1.54, 1.807) is 13.2 Å². The molecule has 0 fully saturated rings. The van der Waals surface area contributed by atoms with Gasteiger partial charge in [0.05, 0.1) is 0 Å². The molecule has 0 amide bonds. The maximum atomic E-state index is 4.07. The van der Waals surface area contributed by atoms with Crippen LogP contribution in [0.15, 0.2) is 24.4 Å². The van der Waals surface area contributed by atoms with Crippen LogP contribution in [0.5, 0.6) is 0 Å². The zero-order valence-corrected chi connectivity index (χ0v) is 7.05. The lowest BCUT2D eigenvalue weighted by molar-refractivity contribution is 0.715. The number of aromatic nitrogens is 5. The Bertz CT molecular complexity index is 381. The molecule has 0 bridgehead atoms. The van der Waals surface area contributed by atoms with Crippen molar-refractivity contribution in [2.24, 2.45) is 7.05 Å². The van der Waals surface area contributed by atoms with Gasteiger partial charge < -0.3 is 5.32 Å². The maximum Gasteiger partial charge on any atom is 0.248 e. The molecular weight excluding hydrogens is 168 g/mol. The van der Waals surface area contributed by atoms with Crippen molar-refractivity contribution in [3.63, 3.8) is 0 Å². The first kappa shape index (κ1) is 7.66. The highest BCUT2D eigenvalue weighted by molar-refractivity contribution is 5.45. The van der Waals surface area contributed by atoms with Crippen molar-refractivity contribution in [1.29, 1.82) is 0 Å². The zero-order valence-electron chi connectivity index (χ0n) is 7.05. The second kappa shape index (κ2) is 3.18. The highest BCUT2D eigenvalue weighted by Gasteiger charge is 2.00. The molecule has 0 unspecified atom stereocenters. The fourth-order valence-corrected chi connectivity index (χ4v) is 0.887. The molecular formula is C7H8N6. The lowest BCUT2D eigenvalue weighted by atomic mass is 10.5. The van der Waals surface area contributed by atoms with Gasteiger partial charge in [-0.1, -0.05) is 11.2 Å². The molecule has 6 nitrogen and oxygen atoms in total. The van der Waals surface area contributed by atoms with Crippen molar-refractivity contribution in [1.82, 2.24) is 25.2 Å². The first-order chi connectivity index (χ1) is 6.36. The molecule has 0 aromatic carbocycles. The van der Waals surface area contributed by atoms with Crippen LogP contribution in [0.4, 0.5) is 11.8 Å². The molecule has 0 spiro atoms. The predicted octanol–water partition coefficient (Wildman–Crippen LogP) is 0.349. The van der Waals surface area contributed by atoms with Gasteiger partial charge in [-0.05, 0) is 22.6 Å². The Morgan fingerprint density at radius 3 is 2.92 bits per heavy atom. The number of anilines is 2. The molecule has 2 rings (SSSR count). The van der Waals surface area contributed by atoms with Gasteiger partial charge in [0, 0.05) is 13.2 Å². The highest BCUT2D eigenvalue weighted by atomic mass is 15.6. The topological polar surface area (TPSA) is 68.5 Å². The number of tetrazole rings is 1. The van der Waals surface area contributed by atoms with Gasteiger partial charge in [0.1, 0.15) is 5.82 Å². The second-order valence-corrected chi connectivity index (χ2v) is 2.47. The maximum absolute atomic E-state index is 4.07. The third kappa shape index (κ3) is 1.61. The number of nitrogens with zero attached hydrogens (tertiary/aromatic N) is 5. The van der Waals surface area contributed by atoms with E-state index in [-0.39, 0.29) is 0 Å². The van der Waals surface area contributed by atoms with Crippen LogP contribution in [0.2, 0.25) is 0 Å². The third-order valence-corrected chi connectivity index (χ3v) is 1.52. The average Bonchev–Trinajstić information content (AvgIpc) is 2.54. The zero-order chi connectivity index (χ0) is 9.10. The van der Waals surface area contributed by atoms with Gasteiger partial charge in [-0.2, -0.15) is 0 Å². The Kier molecular flexibility index (Phi) is 1.87. The largest absolute Gasteiger partial charge is 0.308 e. The van der Waals surface area contributed by atoms with E-state index < -0.39 is 0 Å². The number of pyridine rings is 1. The highest BCUT2D eigenvalue weighted by Crippen LogP contribution is 2.07. The third-order valence-electron chi connectivity index (χ3n) is 1.52. The minimum atomic E-state index is 0.568. The SMILES string of the molecule is Cn1nnnc1Nc1ccccn1. The Labute approximate surface area is 74.6 Å². The molecule has 2 aromatic heterocycles. The van der Waals surface area contributed by atoms with Crippen LogP contribution in [0, 0.1) is 0 Å². The summed E-state index contributed by atoms with van der Waals surface area (Å²) in [5.74, 6) is 1.29. The molecule has 2 aromatic rings. The first-order valence-electron chi connectivity index (χ1n) is 3.76. The molecule has 1 N–H and O–H groups in total. The van der Waals surface area contributed by atoms with E-state index in [9.17, 15) is 0 Å². The van der Waals surface area contributed by atoms with Gasteiger partial charge in [-0.25, -0.2) is 9.67 Å². The van der Waals surface area contributed by atoms with Crippen LogP contribution in [-0.2, 0) is 7.05 Å². The average molecular weight is 176 g/mol. The summed E-state index contributed by atoms with van der Waals surface area (Å²) in [6.07, 6.45) is 1.70. The van der Waals surface area contributed by atoms with Gasteiger partial charge in [-0.3, -0.25) is 0 Å². The Morgan fingerprint density at radius 1 is 1.38 bits per heavy atom. The molecule has 66 valence electrons. The van der Waals surface area contributed by atoms with Gasteiger partial charge >= 0.3 is 0 Å². The molecule has 0 atom stereocenters. The van der Waals surface area contributed by atoms with Crippen LogP contribution in [0.25, 0.3) is 0 Å². The first-order valence-corrected chi connectivity index (χ1v) is 3.76. The molecule has 0 radical (unpaired) electrons. The van der Waals surface area contributed by atoms with E-state index in [1.807, 2.05) is 18.2 Å². The molecule has 0 aliphatic carbocycles. The Balaban J connectivity index is 2.20. The van der Waals surface area contributed by atoms with Gasteiger partial charge in [0.25, 0.3) is 0 Å². The van der Waals surface area contributed by atoms with Gasteiger partial charge in [0.15, 0.2) is 0 Å². The lowest BCUT2D eigenvalue weighted by Gasteiger charge is -2.00. The fourth-order valence-electron chi connectivity index (χ4n) is 0.887. The normalized spacial score (nSPS) is 9.92. The smallest absolute Gasteiger partial charge is 0.248 e. The quantitative estimate of drug-likeness (QED) is 0.715. The van der Waals surface area contributed by atoms with Crippen LogP contribution < -0.4 is 5.32 Å². The van der Waals surface area contributed by atoms with Crippen molar-refractivity contribution in [3.8, 4) is 0 Å². The summed E-state index contributed by atoms with van der Waals surface area (Å²) in [6, 6.07) is 5.58. The molecule has 0 saturated carbocycles. The van der Waals surface area contributed by atoms with Crippen molar-refractivity contribution in [2.45, 2.75) is 0 Å². The number of hydrogen-bond acceptors (Lipinski definition) is 5. The standard InChI is InChI=1S/C7H8N6/c1-13-7(10-11-12-13)9-6-4-2-3-5-8-6/h2-5H,1H3,(H,8,9,10,12). The van der Waals surface area contributed by atoms with Crippen LogP contribution in [-0.4, -0.2) is 25.2 Å². The van der Waals surface area contributed by atoms with E-state index in [0.717, 1.165) is 5.82 Å². The fraction of sp³-hybridized carbons (Fsp3) is 0.143. The van der Waals surface area contributed by atoms with Crippen LogP contribution in [0.3, 0.4) is 0 Å². The predicted molar refractivity (Wildman–Crippen MR) is 46.3 cm³/mol. The molecule has 0 saturated heterocycles. The van der Waals surface area contributed by atoms with E-state index in [0.29, 0.717) is 5.95 Å². The van der Waals surface area contributed by atoms with E-state index in [4.69, 9.17) is 0 Å². The summed E-state index contributed by atoms with van der Waals surface area (Å²) in [5.41, 5.74) is 0. The molecule has 2 heterocycles. The number of aryl methyl sites for hydroxylation is 1. The number of rotatable bonds is 2. The van der Waals surface area contributed by atoms with Gasteiger partial charge in [0.2, 0.25) is 5.95 Å². The summed E-state index contributed by atoms with van der Waals surface area (Å²) >= 11 is 0. The van der Waals surface area contributed by atoms with Crippen molar-refractivity contribution in [3.05, 3.63) is 24.4 Å². The van der Waals surface area contributed by atoms with Crippen LogP contribution >= 0.6 is 0 Å². The van der Waals surface area contributed by atoms with E-state index >= 15 is 0 Å². The summed E-state index contributed by atoms with van der Waals surface area (Å²) < 4.78 is 1.54. The van der Waals surface area contributed by atoms with Gasteiger partial charge in [-0.15, -0.1) is 0 Å². The Hall–Kier alpha value is -1.98. The molecule has 6 heteroatoms. The monoisotopic (exact) mass is 176 g/mol. The molecule has 0 aliphatic rings. The van der Waals surface area contributed by atoms with Crippen molar-refractivity contribution in [2.75, 3.05) is 5.32 Å². The lowest BCUT2D eigenvalue weighted by Crippen LogP contribution is -2.01. The van der Waals surface area contributed by atoms with E-state index in [1.165, 1.54) is 4.68 Å². The van der Waals surface area contributed by atoms with Crippen molar-refractivity contribution >= 4 is 11.8 Å². The minimum Gasteiger partial charge on any atom is -0.308 e. The summed E-state index contributed by atoms with van der Waals surface area (Å²) in [7, 11) is 1.76. The summed E-state index contributed by atoms with van der Waals surface area (Å²) in [5, 5.41) is 13.9. The summed E-state index contributed by atoms with van der Waals surface area (Å²) in [4.78, 5) is 4.07. The number of nitrogens with one attached hydrogen (secondary N) is 1. The Morgan fingerprint density at radius 2 is 2.31 bits per heavy atom. The van der Waals surface area contributed by atoms with Crippen LogP contribution in [0.1, 0.15) is 0 Å². The number of hydrogen-bond donors (Lipinski definition) is 1. The van der Waals surface area contributed by atoms with Crippen molar-refractivity contribution < 1.29 is 0 Å². The second-order valence-electron chi connectivity index (χ2n) is 2.47. The summed E-state index contributed by atoms with van der Waals surface area (Å²) in [6.45, 7) is 0. The minimum absolute atomic E-state index is 0.568. The van der Waals surface area contributed by atoms with E-state index in [2.05, 4.69) is 25.8 Å².